The molecule has 11 heteroatoms. The number of nitrogens with one attached hydrogen (secondary N) is 2. The molecular weight excluding hydrogens is 641 g/mol. The van der Waals surface area contributed by atoms with Crippen LogP contribution in [-0.4, -0.2) is 37.1 Å². The van der Waals surface area contributed by atoms with Crippen LogP contribution < -0.4 is 10.6 Å². The lowest BCUT2D eigenvalue weighted by Crippen LogP contribution is -2.32. The van der Waals surface area contributed by atoms with Crippen molar-refractivity contribution in [2.24, 2.45) is 23.2 Å². The van der Waals surface area contributed by atoms with E-state index >= 15 is 0 Å². The fourth-order valence-corrected chi connectivity index (χ4v) is 5.80. The van der Waals surface area contributed by atoms with Crippen LogP contribution in [0.3, 0.4) is 0 Å². The largest absolute Gasteiger partial charge is 0.416 e. The molecule has 0 spiro atoms. The van der Waals surface area contributed by atoms with E-state index in [1.165, 1.54) is 12.1 Å². The quantitative estimate of drug-likeness (QED) is 0.179. The van der Waals surface area contributed by atoms with Crippen molar-refractivity contribution in [3.63, 3.8) is 0 Å². The second kappa shape index (κ2) is 14.8. The maximum atomic E-state index is 13.9. The van der Waals surface area contributed by atoms with E-state index in [4.69, 9.17) is 4.55 Å². The molecule has 3 unspecified atom stereocenters. The average molecular weight is 681 g/mol. The highest BCUT2D eigenvalue weighted by molar-refractivity contribution is 7.85. The van der Waals surface area contributed by atoms with E-state index in [0.717, 1.165) is 23.3 Å². The van der Waals surface area contributed by atoms with E-state index in [0.29, 0.717) is 35.2 Å². The predicted octanol–water partition coefficient (Wildman–Crippen LogP) is 7.38. The first kappa shape index (κ1) is 36.4. The summed E-state index contributed by atoms with van der Waals surface area (Å²) >= 11 is 0. The predicted molar refractivity (Wildman–Crippen MR) is 181 cm³/mol. The van der Waals surface area contributed by atoms with Crippen LogP contribution >= 0.6 is 0 Å². The number of halogens is 3. The van der Waals surface area contributed by atoms with Crippen LogP contribution in [0.5, 0.6) is 0 Å². The number of carbonyl (C=O) groups excluding carboxylic acids is 2. The highest BCUT2D eigenvalue weighted by Gasteiger charge is 2.32. The smallest absolute Gasteiger partial charge is 0.351 e. The molecule has 0 heterocycles. The zero-order chi connectivity index (χ0) is 35.3. The number of allylic oxidation sites excluding steroid dienone is 7. The maximum Gasteiger partial charge on any atom is 0.416 e. The standard InChI is InChI=1S/C37H39F3N2O5S/c1-24-22-29(34(43)41-20-21-48(45,46)47)9-8-28(24)23-33(27-6-5-7-30(15-12-27)36(2,3)4)35(44)42-32-18-13-26(14-19-32)25-10-16-31(17-11-25)37(38,39)40/h7-19,24,27,33H,20-23H2,1-4H3,(H,41,43)(H,42,44)(H,45,46,47). The van der Waals surface area contributed by atoms with Crippen molar-refractivity contribution in [2.45, 2.75) is 46.7 Å². The summed E-state index contributed by atoms with van der Waals surface area (Å²) in [6.45, 7) is 7.99. The van der Waals surface area contributed by atoms with Crippen molar-refractivity contribution in [1.82, 2.24) is 5.32 Å². The summed E-state index contributed by atoms with van der Waals surface area (Å²) in [4.78, 5) is 26.5. The molecule has 254 valence electrons. The lowest BCUT2D eigenvalue weighted by molar-refractivity contribution is -0.137. The Morgan fingerprint density at radius 1 is 1.00 bits per heavy atom. The minimum atomic E-state index is -4.42. The molecule has 3 atom stereocenters. The minimum absolute atomic E-state index is 0.0957. The van der Waals surface area contributed by atoms with Gasteiger partial charge in [0.05, 0.1) is 23.2 Å². The van der Waals surface area contributed by atoms with Gasteiger partial charge in [0, 0.05) is 17.8 Å². The Bertz CT molecular complexity index is 1820. The van der Waals surface area contributed by atoms with Gasteiger partial charge in [0.2, 0.25) is 11.8 Å². The average Bonchev–Trinajstić information content (AvgIpc) is 3.26. The first-order valence-corrected chi connectivity index (χ1v) is 17.1. The first-order chi connectivity index (χ1) is 22.4. The van der Waals surface area contributed by atoms with Crippen LogP contribution in [0, 0.1) is 35.0 Å². The molecule has 0 fully saturated rings. The van der Waals surface area contributed by atoms with Gasteiger partial charge in [0.1, 0.15) is 0 Å². The van der Waals surface area contributed by atoms with E-state index in [-0.39, 0.29) is 23.8 Å². The number of benzene rings is 2. The molecule has 2 aromatic carbocycles. The Kier molecular flexibility index (Phi) is 11.2. The second-order valence-corrected chi connectivity index (χ2v) is 14.6. The molecule has 3 N–H and O–H groups in total. The molecule has 0 aromatic heterocycles. The summed E-state index contributed by atoms with van der Waals surface area (Å²) in [5.74, 6) is 3.98. The molecule has 0 aliphatic heterocycles. The molecule has 48 heavy (non-hydrogen) atoms. The summed E-state index contributed by atoms with van der Waals surface area (Å²) in [7, 11) is -4.20. The van der Waals surface area contributed by atoms with Crippen LogP contribution in [0.15, 0.2) is 95.6 Å². The maximum absolute atomic E-state index is 13.9. The van der Waals surface area contributed by atoms with Crippen LogP contribution in [-0.2, 0) is 25.9 Å². The summed E-state index contributed by atoms with van der Waals surface area (Å²) in [6, 6.07) is 11.8. The Hall–Kier alpha value is -4.40. The van der Waals surface area contributed by atoms with Crippen molar-refractivity contribution < 1.29 is 35.7 Å². The summed E-state index contributed by atoms with van der Waals surface area (Å²) in [6.07, 6.45) is 5.61. The van der Waals surface area contributed by atoms with Crippen molar-refractivity contribution in [3.05, 3.63) is 101 Å². The molecule has 2 aliphatic rings. The zero-order valence-electron chi connectivity index (χ0n) is 27.2. The molecule has 0 saturated carbocycles. The minimum Gasteiger partial charge on any atom is -0.351 e. The van der Waals surface area contributed by atoms with Crippen LogP contribution in [0.25, 0.3) is 11.1 Å². The highest BCUT2D eigenvalue weighted by atomic mass is 32.2. The number of alkyl halides is 3. The van der Waals surface area contributed by atoms with Gasteiger partial charge in [-0.1, -0.05) is 93.7 Å². The van der Waals surface area contributed by atoms with Gasteiger partial charge in [0.15, 0.2) is 0 Å². The molecular formula is C37H39F3N2O5S. The van der Waals surface area contributed by atoms with Gasteiger partial charge in [-0.05, 0) is 71.2 Å². The van der Waals surface area contributed by atoms with Gasteiger partial charge < -0.3 is 10.6 Å². The Morgan fingerprint density at radius 3 is 2.19 bits per heavy atom. The van der Waals surface area contributed by atoms with Crippen LogP contribution in [0.4, 0.5) is 18.9 Å². The summed E-state index contributed by atoms with van der Waals surface area (Å²) in [5, 5.41) is 5.50. The fourth-order valence-electron chi connectivity index (χ4n) is 5.44. The van der Waals surface area contributed by atoms with Gasteiger partial charge >= 0.3 is 6.18 Å². The number of hydrogen-bond acceptors (Lipinski definition) is 4. The topological polar surface area (TPSA) is 113 Å². The van der Waals surface area contributed by atoms with Crippen LogP contribution in [0.1, 0.15) is 46.1 Å². The molecule has 2 amide bonds. The summed E-state index contributed by atoms with van der Waals surface area (Å²) < 4.78 is 69.8. The monoisotopic (exact) mass is 680 g/mol. The van der Waals surface area contributed by atoms with E-state index in [1.807, 2.05) is 31.2 Å². The normalized spacial score (nSPS) is 18.7. The van der Waals surface area contributed by atoms with Crippen molar-refractivity contribution in [1.29, 1.82) is 0 Å². The van der Waals surface area contributed by atoms with Crippen molar-refractivity contribution in [3.8, 4) is 23.0 Å². The molecule has 0 bridgehead atoms. The van der Waals surface area contributed by atoms with Gasteiger partial charge in [-0.15, -0.1) is 0 Å². The third-order valence-electron chi connectivity index (χ3n) is 8.35. The highest BCUT2D eigenvalue weighted by Crippen LogP contribution is 2.35. The first-order valence-electron chi connectivity index (χ1n) is 15.5. The Morgan fingerprint density at radius 2 is 1.62 bits per heavy atom. The van der Waals surface area contributed by atoms with E-state index in [9.17, 15) is 31.2 Å². The fraction of sp³-hybridized carbons (Fsp3) is 0.351. The van der Waals surface area contributed by atoms with Gasteiger partial charge in [-0.3, -0.25) is 14.1 Å². The SMILES string of the molecule is CC1CC(C(=O)NCCS(=O)(=O)O)=CC=C1CC(C(=O)Nc1ccc(-c2ccc(C(F)(F)F)cc2)cc1)C1C#CC=C(C(C)(C)C)C=C1. The van der Waals surface area contributed by atoms with Crippen molar-refractivity contribution in [2.75, 3.05) is 17.6 Å². The third kappa shape index (κ3) is 10.1. The number of amides is 2. The lowest BCUT2D eigenvalue weighted by atomic mass is 9.78. The molecule has 4 rings (SSSR count). The third-order valence-corrected chi connectivity index (χ3v) is 9.07. The zero-order valence-corrected chi connectivity index (χ0v) is 28.0. The lowest BCUT2D eigenvalue weighted by Gasteiger charge is -2.27. The van der Waals surface area contributed by atoms with Crippen LogP contribution in [0.2, 0.25) is 0 Å². The Labute approximate surface area is 279 Å². The second-order valence-electron chi connectivity index (χ2n) is 13.1. The molecule has 7 nitrogen and oxygen atoms in total. The number of anilines is 1. The molecule has 2 aromatic rings. The van der Waals surface area contributed by atoms with E-state index < -0.39 is 45.4 Å². The van der Waals surface area contributed by atoms with Gasteiger partial charge in [0.25, 0.3) is 10.1 Å². The number of hydrogen-bond donors (Lipinski definition) is 3. The Balaban J connectivity index is 1.54. The van der Waals surface area contributed by atoms with Gasteiger partial charge in [-0.2, -0.15) is 21.6 Å². The van der Waals surface area contributed by atoms with Crippen molar-refractivity contribution >= 4 is 27.6 Å². The number of rotatable bonds is 10. The molecule has 0 saturated heterocycles. The van der Waals surface area contributed by atoms with Gasteiger partial charge in [-0.25, -0.2) is 0 Å². The summed E-state index contributed by atoms with van der Waals surface area (Å²) in [5.41, 5.74) is 3.41. The molecule has 2 aliphatic carbocycles. The van der Waals surface area contributed by atoms with E-state index in [2.05, 4.69) is 43.2 Å². The van der Waals surface area contributed by atoms with E-state index in [1.54, 1.807) is 30.3 Å². The molecule has 0 radical (unpaired) electrons. The number of carbonyl (C=O) groups is 2.